The van der Waals surface area contributed by atoms with Gasteiger partial charge in [-0.15, -0.1) is 11.6 Å². The number of hydrogen-bond acceptors (Lipinski definition) is 2. The summed E-state index contributed by atoms with van der Waals surface area (Å²) < 4.78 is 21.2. The molecule has 0 unspecified atom stereocenters. The molecule has 1 aromatic carbocycles. The van der Waals surface area contributed by atoms with Gasteiger partial charge in [-0.25, -0.2) is 4.39 Å². The number of nitrogens with one attached hydrogen (secondary N) is 2. The van der Waals surface area contributed by atoms with Crippen LogP contribution in [0.1, 0.15) is 32.8 Å². The van der Waals surface area contributed by atoms with E-state index in [1.165, 1.54) is 0 Å². The average Bonchev–Trinajstić information content (AvgIpc) is 2.95. The van der Waals surface area contributed by atoms with Crippen LogP contribution >= 0.6 is 11.6 Å². The van der Waals surface area contributed by atoms with Crippen molar-refractivity contribution in [3.05, 3.63) is 29.7 Å². The number of hydrogen-bond donors (Lipinski definition) is 2. The molecular weight excluding hydrogens is 359 g/mol. The number of H-pyrrole nitrogens is 1. The zero-order chi connectivity index (χ0) is 18.8. The molecule has 0 spiro atoms. The molecular formula is C18H26ClFN2O2Si. The number of carbonyl (C=O) groups is 1. The minimum atomic E-state index is -2.00. The van der Waals surface area contributed by atoms with Crippen molar-refractivity contribution in [3.63, 3.8) is 0 Å². The molecule has 0 atom stereocenters. The van der Waals surface area contributed by atoms with Crippen LogP contribution in [0.5, 0.6) is 0 Å². The Morgan fingerprint density at radius 2 is 2.08 bits per heavy atom. The van der Waals surface area contributed by atoms with E-state index in [9.17, 15) is 4.79 Å². The lowest BCUT2D eigenvalue weighted by atomic mass is 10.1. The summed E-state index contributed by atoms with van der Waals surface area (Å²) in [5.41, 5.74) is 1.17. The van der Waals surface area contributed by atoms with E-state index in [0.717, 1.165) is 5.39 Å². The lowest BCUT2D eigenvalue weighted by Gasteiger charge is -2.36. The highest BCUT2D eigenvalue weighted by molar-refractivity contribution is 6.74. The van der Waals surface area contributed by atoms with Gasteiger partial charge in [0.1, 0.15) is 5.69 Å². The lowest BCUT2D eigenvalue weighted by Crippen LogP contribution is -2.40. The third-order valence-corrected chi connectivity index (χ3v) is 9.51. The van der Waals surface area contributed by atoms with E-state index < -0.39 is 14.1 Å². The van der Waals surface area contributed by atoms with Gasteiger partial charge in [0.05, 0.1) is 12.1 Å². The van der Waals surface area contributed by atoms with E-state index in [2.05, 4.69) is 44.2 Å². The average molecular weight is 385 g/mol. The Bertz CT molecular complexity index is 768. The van der Waals surface area contributed by atoms with Crippen molar-refractivity contribution >= 4 is 42.4 Å². The van der Waals surface area contributed by atoms with Crippen molar-refractivity contribution in [2.75, 3.05) is 11.2 Å². The molecule has 0 aliphatic rings. The van der Waals surface area contributed by atoms with Gasteiger partial charge in [-0.1, -0.05) is 20.8 Å². The van der Waals surface area contributed by atoms with Crippen molar-refractivity contribution in [2.45, 2.75) is 51.9 Å². The van der Waals surface area contributed by atoms with Crippen LogP contribution in [0.4, 0.5) is 10.1 Å². The van der Waals surface area contributed by atoms with Gasteiger partial charge in [0.15, 0.2) is 14.1 Å². The summed E-state index contributed by atoms with van der Waals surface area (Å²) >= 11 is 5.60. The SMILES string of the molecule is CC(C)(C)[Si](C)(C)OCc1cc2cc[nH]c2c(NC(=O)CCCl)c1F. The summed E-state index contributed by atoms with van der Waals surface area (Å²) in [4.78, 5) is 14.9. The van der Waals surface area contributed by atoms with E-state index in [-0.39, 0.29) is 35.5 Å². The molecule has 0 radical (unpaired) electrons. The van der Waals surface area contributed by atoms with Crippen LogP contribution in [-0.2, 0) is 15.8 Å². The van der Waals surface area contributed by atoms with Gasteiger partial charge in [0, 0.05) is 29.4 Å². The number of aromatic nitrogens is 1. The van der Waals surface area contributed by atoms with Crippen molar-refractivity contribution in [1.29, 1.82) is 0 Å². The smallest absolute Gasteiger partial charge is 0.225 e. The van der Waals surface area contributed by atoms with Crippen molar-refractivity contribution in [2.24, 2.45) is 0 Å². The minimum Gasteiger partial charge on any atom is -0.412 e. The monoisotopic (exact) mass is 384 g/mol. The number of amides is 1. The lowest BCUT2D eigenvalue weighted by molar-refractivity contribution is -0.115. The normalized spacial score (nSPS) is 12.6. The van der Waals surface area contributed by atoms with Crippen molar-refractivity contribution in [1.82, 2.24) is 4.98 Å². The van der Waals surface area contributed by atoms with Gasteiger partial charge in [0.2, 0.25) is 5.91 Å². The maximum atomic E-state index is 15.0. The van der Waals surface area contributed by atoms with Crippen LogP contribution in [0.2, 0.25) is 18.1 Å². The number of halogens is 2. The summed E-state index contributed by atoms with van der Waals surface area (Å²) in [5.74, 6) is -0.584. The maximum absolute atomic E-state index is 15.0. The molecule has 0 aliphatic heterocycles. The molecule has 1 aromatic heterocycles. The first-order valence-corrected chi connectivity index (χ1v) is 11.8. The summed E-state index contributed by atoms with van der Waals surface area (Å²) in [6, 6.07) is 3.62. The quantitative estimate of drug-likeness (QED) is 0.517. The Morgan fingerprint density at radius 3 is 2.68 bits per heavy atom. The number of aromatic amines is 1. The van der Waals surface area contributed by atoms with Crippen LogP contribution in [0, 0.1) is 5.82 Å². The third-order valence-electron chi connectivity index (χ3n) is 4.84. The van der Waals surface area contributed by atoms with Gasteiger partial charge in [-0.05, 0) is 30.3 Å². The molecule has 1 amide bonds. The van der Waals surface area contributed by atoms with Crippen molar-refractivity contribution < 1.29 is 13.6 Å². The Balaban J connectivity index is 2.35. The van der Waals surface area contributed by atoms with Crippen molar-refractivity contribution in [3.8, 4) is 0 Å². The van der Waals surface area contributed by atoms with Crippen LogP contribution < -0.4 is 5.32 Å². The van der Waals surface area contributed by atoms with E-state index in [4.69, 9.17) is 16.0 Å². The summed E-state index contributed by atoms with van der Waals surface area (Å²) in [6.07, 6.45) is 1.85. The fraction of sp³-hybridized carbons (Fsp3) is 0.500. The fourth-order valence-corrected chi connectivity index (χ4v) is 3.35. The van der Waals surface area contributed by atoms with Gasteiger partial charge in [0.25, 0.3) is 0 Å². The second-order valence-corrected chi connectivity index (χ2v) is 12.9. The van der Waals surface area contributed by atoms with Crippen LogP contribution in [0.3, 0.4) is 0 Å². The zero-order valence-corrected chi connectivity index (χ0v) is 17.2. The summed E-state index contributed by atoms with van der Waals surface area (Å²) in [7, 11) is -2.00. The first kappa shape index (κ1) is 19.9. The van der Waals surface area contributed by atoms with Gasteiger partial charge in [-0.2, -0.15) is 0 Å². The first-order valence-electron chi connectivity index (χ1n) is 8.35. The van der Waals surface area contributed by atoms with Gasteiger partial charge in [-0.3, -0.25) is 4.79 Å². The number of rotatable bonds is 6. The molecule has 2 rings (SSSR count). The predicted molar refractivity (Wildman–Crippen MR) is 104 cm³/mol. The Kier molecular flexibility index (Phi) is 5.96. The molecule has 0 fully saturated rings. The number of alkyl halides is 1. The molecule has 4 nitrogen and oxygen atoms in total. The number of benzene rings is 1. The number of carbonyl (C=O) groups excluding carboxylic acids is 1. The molecule has 7 heteroatoms. The van der Waals surface area contributed by atoms with Gasteiger partial charge >= 0.3 is 0 Å². The second-order valence-electron chi connectivity index (χ2n) is 7.70. The summed E-state index contributed by atoms with van der Waals surface area (Å²) in [6.45, 7) is 10.9. The Hall–Kier alpha value is -1.37. The fourth-order valence-electron chi connectivity index (χ4n) is 2.22. The van der Waals surface area contributed by atoms with E-state index in [1.54, 1.807) is 12.3 Å². The highest BCUT2D eigenvalue weighted by Crippen LogP contribution is 2.38. The summed E-state index contributed by atoms with van der Waals surface area (Å²) in [5, 5.41) is 3.50. The molecule has 25 heavy (non-hydrogen) atoms. The minimum absolute atomic E-state index is 0.0407. The van der Waals surface area contributed by atoms with E-state index in [1.807, 2.05) is 6.07 Å². The second kappa shape index (κ2) is 7.48. The molecule has 0 saturated heterocycles. The molecule has 1 heterocycles. The predicted octanol–water partition coefficient (Wildman–Crippen LogP) is 5.40. The topological polar surface area (TPSA) is 54.1 Å². The maximum Gasteiger partial charge on any atom is 0.225 e. The third kappa shape index (κ3) is 4.43. The Labute approximate surface area is 154 Å². The zero-order valence-electron chi connectivity index (χ0n) is 15.4. The largest absolute Gasteiger partial charge is 0.412 e. The molecule has 2 aromatic rings. The molecule has 2 N–H and O–H groups in total. The highest BCUT2D eigenvalue weighted by atomic mass is 35.5. The van der Waals surface area contributed by atoms with Crippen LogP contribution in [0.15, 0.2) is 18.3 Å². The van der Waals surface area contributed by atoms with E-state index >= 15 is 4.39 Å². The number of anilines is 1. The standard InChI is InChI=1S/C18H26ClFN2O2Si/c1-18(2,3)25(4,5)24-11-13-10-12-7-9-21-16(12)17(15(13)20)22-14(23)6-8-19/h7,9-10,21H,6,8,11H2,1-5H3,(H,22,23). The number of fused-ring (bicyclic) bond motifs is 1. The molecule has 138 valence electrons. The van der Waals surface area contributed by atoms with Gasteiger partial charge < -0.3 is 14.7 Å². The Morgan fingerprint density at radius 1 is 1.40 bits per heavy atom. The van der Waals surface area contributed by atoms with Crippen LogP contribution in [0.25, 0.3) is 10.9 Å². The molecule has 0 saturated carbocycles. The molecule has 0 bridgehead atoms. The first-order chi connectivity index (χ1) is 11.6. The van der Waals surface area contributed by atoms with E-state index in [0.29, 0.717) is 11.1 Å². The van der Waals surface area contributed by atoms with Crippen LogP contribution in [-0.4, -0.2) is 25.1 Å². The molecule has 0 aliphatic carbocycles. The highest BCUT2D eigenvalue weighted by Gasteiger charge is 2.37.